The molecule has 1 aliphatic rings. The van der Waals surface area contributed by atoms with Crippen molar-refractivity contribution in [2.75, 3.05) is 6.54 Å². The summed E-state index contributed by atoms with van der Waals surface area (Å²) in [4.78, 5) is 27.6. The first-order valence-corrected chi connectivity index (χ1v) is 7.63. The molecule has 3 heterocycles. The van der Waals surface area contributed by atoms with Crippen LogP contribution >= 0.6 is 11.8 Å². The minimum atomic E-state index is -0.501. The lowest BCUT2D eigenvalue weighted by molar-refractivity contribution is 0.374. The maximum absolute atomic E-state index is 11.7. The summed E-state index contributed by atoms with van der Waals surface area (Å²) in [7, 11) is 0. The van der Waals surface area contributed by atoms with Gasteiger partial charge in [-0.05, 0) is 26.3 Å². The summed E-state index contributed by atoms with van der Waals surface area (Å²) < 4.78 is 5.59. The molecule has 3 rings (SSSR count). The van der Waals surface area contributed by atoms with Gasteiger partial charge in [0.2, 0.25) is 5.89 Å². The quantitative estimate of drug-likeness (QED) is 0.703. The molecule has 0 bridgehead atoms. The van der Waals surface area contributed by atoms with Gasteiger partial charge in [-0.15, -0.1) is 10.2 Å². The molecule has 2 aromatic rings. The second-order valence-electron chi connectivity index (χ2n) is 4.86. The summed E-state index contributed by atoms with van der Waals surface area (Å²) in [5.41, 5.74) is 0.159. The first-order valence-electron chi connectivity index (χ1n) is 6.65. The number of H-pyrrole nitrogens is 2. The number of hydrogen-bond donors (Lipinski definition) is 3. The normalized spacial score (nSPS) is 18.2. The zero-order valence-electron chi connectivity index (χ0n) is 11.4. The van der Waals surface area contributed by atoms with Crippen LogP contribution in [0, 0.1) is 6.92 Å². The van der Waals surface area contributed by atoms with E-state index in [1.165, 1.54) is 11.8 Å². The van der Waals surface area contributed by atoms with E-state index in [-0.39, 0.29) is 11.6 Å². The van der Waals surface area contributed by atoms with Gasteiger partial charge in [0.25, 0.3) is 10.8 Å². The molecule has 0 saturated carbocycles. The third-order valence-corrected chi connectivity index (χ3v) is 4.22. The fourth-order valence-corrected chi connectivity index (χ4v) is 3.11. The average molecular weight is 309 g/mol. The molecule has 0 radical (unpaired) electrons. The summed E-state index contributed by atoms with van der Waals surface area (Å²) in [5, 5.41) is 11.7. The van der Waals surface area contributed by atoms with Crippen LogP contribution in [0.1, 0.15) is 36.0 Å². The predicted molar refractivity (Wildman–Crippen MR) is 76.3 cm³/mol. The van der Waals surface area contributed by atoms with Crippen LogP contribution in [0.25, 0.3) is 0 Å². The van der Waals surface area contributed by atoms with Gasteiger partial charge in [-0.3, -0.25) is 9.78 Å². The molecular weight excluding hydrogens is 294 g/mol. The Kier molecular flexibility index (Phi) is 3.93. The molecule has 3 N–H and O–H groups in total. The van der Waals surface area contributed by atoms with Crippen molar-refractivity contribution >= 4 is 11.8 Å². The van der Waals surface area contributed by atoms with Crippen molar-refractivity contribution in [3.63, 3.8) is 0 Å². The summed E-state index contributed by atoms with van der Waals surface area (Å²) >= 11 is 1.28. The summed E-state index contributed by atoms with van der Waals surface area (Å²) in [5.74, 6) is 0.944. The van der Waals surface area contributed by atoms with Crippen LogP contribution in [-0.2, 0) is 5.75 Å². The second-order valence-corrected chi connectivity index (χ2v) is 5.78. The standard InChI is InChI=1S/C12H15N5O3S/c1-6-7(9(18)15-11(19)14-6)5-21-12-17-16-10(20-12)8-3-2-4-13-8/h8,13H,2-5H2,1H3,(H2,14,15,18,19). The molecule has 0 spiro atoms. The molecular formula is C12H15N5O3S. The van der Waals surface area contributed by atoms with Crippen LogP contribution in [0.2, 0.25) is 0 Å². The number of aromatic amines is 2. The van der Waals surface area contributed by atoms with E-state index in [4.69, 9.17) is 4.42 Å². The molecule has 112 valence electrons. The highest BCUT2D eigenvalue weighted by atomic mass is 32.2. The molecule has 1 unspecified atom stereocenters. The average Bonchev–Trinajstić information content (AvgIpc) is 3.08. The van der Waals surface area contributed by atoms with Gasteiger partial charge in [0, 0.05) is 17.0 Å². The Balaban J connectivity index is 1.71. The highest BCUT2D eigenvalue weighted by Gasteiger charge is 2.22. The fourth-order valence-electron chi connectivity index (χ4n) is 2.25. The van der Waals surface area contributed by atoms with Crippen LogP contribution in [0.5, 0.6) is 0 Å². The lowest BCUT2D eigenvalue weighted by Gasteiger charge is -2.03. The van der Waals surface area contributed by atoms with Crippen LogP contribution in [0.15, 0.2) is 19.2 Å². The molecule has 1 aliphatic heterocycles. The van der Waals surface area contributed by atoms with Gasteiger partial charge >= 0.3 is 5.69 Å². The monoisotopic (exact) mass is 309 g/mol. The number of hydrogen-bond acceptors (Lipinski definition) is 7. The van der Waals surface area contributed by atoms with Gasteiger partial charge in [-0.2, -0.15) is 0 Å². The van der Waals surface area contributed by atoms with Crippen molar-refractivity contribution in [2.24, 2.45) is 0 Å². The third-order valence-electron chi connectivity index (χ3n) is 3.38. The molecule has 1 saturated heterocycles. The molecule has 9 heteroatoms. The zero-order chi connectivity index (χ0) is 14.8. The first-order chi connectivity index (χ1) is 10.1. The van der Waals surface area contributed by atoms with Gasteiger partial charge in [0.05, 0.1) is 6.04 Å². The number of nitrogens with one attached hydrogen (secondary N) is 3. The van der Waals surface area contributed by atoms with E-state index >= 15 is 0 Å². The maximum atomic E-state index is 11.7. The predicted octanol–water partition coefficient (Wildman–Crippen LogP) is 0.471. The summed E-state index contributed by atoms with van der Waals surface area (Å²) in [6, 6.07) is 0.130. The zero-order valence-corrected chi connectivity index (χ0v) is 12.2. The Morgan fingerprint density at radius 2 is 2.19 bits per heavy atom. The first kappa shape index (κ1) is 14.1. The second kappa shape index (κ2) is 5.86. The Hall–Kier alpha value is -1.87. The van der Waals surface area contributed by atoms with Crippen LogP contribution in [-0.4, -0.2) is 26.7 Å². The van der Waals surface area contributed by atoms with E-state index in [0.29, 0.717) is 28.1 Å². The Morgan fingerprint density at radius 1 is 1.33 bits per heavy atom. The molecule has 8 nitrogen and oxygen atoms in total. The molecule has 0 aromatic carbocycles. The highest BCUT2D eigenvalue weighted by Crippen LogP contribution is 2.26. The van der Waals surface area contributed by atoms with Crippen LogP contribution in [0.4, 0.5) is 0 Å². The summed E-state index contributed by atoms with van der Waals surface area (Å²) in [6.07, 6.45) is 2.09. The maximum Gasteiger partial charge on any atom is 0.325 e. The lowest BCUT2D eigenvalue weighted by atomic mass is 10.2. The minimum absolute atomic E-state index is 0.130. The molecule has 21 heavy (non-hydrogen) atoms. The van der Waals surface area contributed by atoms with Crippen molar-refractivity contribution in [1.82, 2.24) is 25.5 Å². The number of nitrogens with zero attached hydrogens (tertiary/aromatic N) is 2. The van der Waals surface area contributed by atoms with E-state index in [2.05, 4.69) is 25.5 Å². The van der Waals surface area contributed by atoms with E-state index in [0.717, 1.165) is 19.4 Å². The Labute approximate surface area is 123 Å². The number of rotatable bonds is 4. The number of thioether (sulfide) groups is 1. The largest absolute Gasteiger partial charge is 0.414 e. The van der Waals surface area contributed by atoms with Crippen molar-refractivity contribution < 1.29 is 4.42 Å². The van der Waals surface area contributed by atoms with E-state index < -0.39 is 5.69 Å². The van der Waals surface area contributed by atoms with Gasteiger partial charge in [-0.25, -0.2) is 4.79 Å². The fraction of sp³-hybridized carbons (Fsp3) is 0.500. The van der Waals surface area contributed by atoms with Crippen LogP contribution in [0.3, 0.4) is 0 Å². The van der Waals surface area contributed by atoms with Crippen molar-refractivity contribution in [2.45, 2.75) is 36.8 Å². The van der Waals surface area contributed by atoms with Gasteiger partial charge in [0.15, 0.2) is 0 Å². The molecule has 0 amide bonds. The smallest absolute Gasteiger partial charge is 0.325 e. The van der Waals surface area contributed by atoms with E-state index in [1.807, 2.05) is 0 Å². The van der Waals surface area contributed by atoms with Crippen LogP contribution < -0.4 is 16.6 Å². The van der Waals surface area contributed by atoms with Gasteiger partial charge in [0.1, 0.15) is 0 Å². The molecule has 0 aliphatic carbocycles. The summed E-state index contributed by atoms with van der Waals surface area (Å²) in [6.45, 7) is 2.65. The number of aryl methyl sites for hydroxylation is 1. The highest BCUT2D eigenvalue weighted by molar-refractivity contribution is 7.98. The Bertz CT molecular complexity index is 744. The van der Waals surface area contributed by atoms with E-state index in [1.54, 1.807) is 6.92 Å². The van der Waals surface area contributed by atoms with Crippen molar-refractivity contribution in [3.05, 3.63) is 38.0 Å². The Morgan fingerprint density at radius 3 is 2.90 bits per heavy atom. The van der Waals surface area contributed by atoms with Gasteiger partial charge < -0.3 is 14.7 Å². The molecule has 1 atom stereocenters. The topological polar surface area (TPSA) is 117 Å². The van der Waals surface area contributed by atoms with Crippen molar-refractivity contribution in [1.29, 1.82) is 0 Å². The SMILES string of the molecule is Cc1[nH]c(=O)[nH]c(=O)c1CSc1nnc(C2CCCN2)o1. The van der Waals surface area contributed by atoms with Crippen molar-refractivity contribution in [3.8, 4) is 0 Å². The third kappa shape index (κ3) is 3.08. The van der Waals surface area contributed by atoms with E-state index in [9.17, 15) is 9.59 Å². The number of aromatic nitrogens is 4. The molecule has 1 fully saturated rings. The van der Waals surface area contributed by atoms with Gasteiger partial charge in [-0.1, -0.05) is 11.8 Å². The minimum Gasteiger partial charge on any atom is -0.414 e. The molecule has 2 aromatic heterocycles. The lowest BCUT2D eigenvalue weighted by Crippen LogP contribution is -2.26.